The second-order valence-electron chi connectivity index (χ2n) is 3.38. The first-order valence-corrected chi connectivity index (χ1v) is 6.65. The summed E-state index contributed by atoms with van der Waals surface area (Å²) in [5.41, 5.74) is 1.15. The van der Waals surface area contributed by atoms with Gasteiger partial charge in [0.25, 0.3) is 0 Å². The van der Waals surface area contributed by atoms with Crippen molar-refractivity contribution >= 4 is 23.1 Å². The van der Waals surface area contributed by atoms with Gasteiger partial charge in [0, 0.05) is 22.5 Å². The normalized spacial score (nSPS) is 13.1. The summed E-state index contributed by atoms with van der Waals surface area (Å²) in [6.07, 6.45) is 0.869. The maximum absolute atomic E-state index is 8.76. The van der Waals surface area contributed by atoms with E-state index in [2.05, 4.69) is 25.8 Å². The van der Waals surface area contributed by atoms with Crippen LogP contribution < -0.4 is 0 Å². The fraction of sp³-hybridized carbons (Fsp3) is 0.700. The topological polar surface area (TPSA) is 33.1 Å². The summed E-state index contributed by atoms with van der Waals surface area (Å²) in [6.45, 7) is 6.59. The summed E-state index contributed by atoms with van der Waals surface area (Å²) >= 11 is 3.64. The maximum Gasteiger partial charge on any atom is 0.103 e. The Balaban J connectivity index is 2.38. The van der Waals surface area contributed by atoms with Gasteiger partial charge < -0.3 is 5.11 Å². The molecule has 80 valence electrons. The van der Waals surface area contributed by atoms with Crippen LogP contribution in [0.1, 0.15) is 28.9 Å². The molecule has 1 N–H and O–H groups in total. The van der Waals surface area contributed by atoms with E-state index in [9.17, 15) is 0 Å². The predicted octanol–water partition coefficient (Wildman–Crippen LogP) is 2.76. The van der Waals surface area contributed by atoms with Crippen LogP contribution in [0.2, 0.25) is 0 Å². The first kappa shape index (κ1) is 12.0. The number of nitrogens with zero attached hydrogens (tertiary/aromatic N) is 1. The van der Waals surface area contributed by atoms with Crippen LogP contribution in [-0.2, 0) is 5.75 Å². The molecule has 0 bridgehead atoms. The zero-order valence-corrected chi connectivity index (χ0v) is 10.5. The Bertz CT molecular complexity index is 266. The highest BCUT2D eigenvalue weighted by molar-refractivity contribution is 7.99. The molecular weight excluding hydrogens is 214 g/mol. The van der Waals surface area contributed by atoms with Crippen LogP contribution in [0.4, 0.5) is 0 Å². The lowest BCUT2D eigenvalue weighted by atomic mass is 10.3. The van der Waals surface area contributed by atoms with E-state index in [-0.39, 0.29) is 6.61 Å². The van der Waals surface area contributed by atoms with Crippen molar-refractivity contribution in [2.75, 3.05) is 6.61 Å². The number of aromatic nitrogens is 1. The van der Waals surface area contributed by atoms with Crippen LogP contribution in [0.25, 0.3) is 0 Å². The van der Waals surface area contributed by atoms with Gasteiger partial charge in [-0.25, -0.2) is 4.98 Å². The van der Waals surface area contributed by atoms with Gasteiger partial charge in [-0.2, -0.15) is 11.8 Å². The second kappa shape index (κ2) is 5.73. The van der Waals surface area contributed by atoms with E-state index >= 15 is 0 Å². The predicted molar refractivity (Wildman–Crippen MR) is 64.0 cm³/mol. The standard InChI is InChI=1S/C10H17NOS2/c1-7(4-5-12)13-6-10-11-8(2)9(3)14-10/h7,12H,4-6H2,1-3H3. The molecule has 1 aromatic heterocycles. The fourth-order valence-corrected chi connectivity index (χ4v) is 3.01. The van der Waals surface area contributed by atoms with Crippen molar-refractivity contribution in [3.8, 4) is 0 Å². The van der Waals surface area contributed by atoms with Crippen molar-refractivity contribution < 1.29 is 5.11 Å². The molecule has 0 spiro atoms. The highest BCUT2D eigenvalue weighted by atomic mass is 32.2. The number of thiazole rings is 1. The zero-order chi connectivity index (χ0) is 10.6. The molecule has 2 nitrogen and oxygen atoms in total. The number of hydrogen-bond acceptors (Lipinski definition) is 4. The Hall–Kier alpha value is -0.0600. The molecule has 0 fully saturated rings. The van der Waals surface area contributed by atoms with E-state index in [1.54, 1.807) is 11.3 Å². The number of aryl methyl sites for hydroxylation is 2. The Kier molecular flexibility index (Phi) is 4.92. The fourth-order valence-electron chi connectivity index (χ4n) is 1.08. The number of aliphatic hydroxyl groups is 1. The summed E-state index contributed by atoms with van der Waals surface area (Å²) in [5, 5.41) is 10.5. The number of rotatable bonds is 5. The largest absolute Gasteiger partial charge is 0.396 e. The third-order valence-corrected chi connectivity index (χ3v) is 4.60. The number of aliphatic hydroxyl groups excluding tert-OH is 1. The molecule has 1 aromatic rings. The molecule has 1 atom stereocenters. The van der Waals surface area contributed by atoms with Crippen molar-refractivity contribution in [1.82, 2.24) is 4.98 Å². The van der Waals surface area contributed by atoms with Crippen LogP contribution in [0.3, 0.4) is 0 Å². The lowest BCUT2D eigenvalue weighted by Gasteiger charge is -2.06. The first-order valence-electron chi connectivity index (χ1n) is 4.79. The van der Waals surface area contributed by atoms with Crippen molar-refractivity contribution in [1.29, 1.82) is 0 Å². The zero-order valence-electron chi connectivity index (χ0n) is 8.91. The molecule has 0 aliphatic rings. The summed E-state index contributed by atoms with van der Waals surface area (Å²) in [7, 11) is 0. The van der Waals surface area contributed by atoms with E-state index in [0.717, 1.165) is 17.9 Å². The van der Waals surface area contributed by atoms with Crippen molar-refractivity contribution in [3.05, 3.63) is 15.6 Å². The molecule has 0 saturated heterocycles. The van der Waals surface area contributed by atoms with E-state index < -0.39 is 0 Å². The molecule has 1 unspecified atom stereocenters. The van der Waals surface area contributed by atoms with Gasteiger partial charge in [0.05, 0.1) is 5.69 Å². The maximum atomic E-state index is 8.76. The lowest BCUT2D eigenvalue weighted by molar-refractivity contribution is 0.289. The molecule has 0 aliphatic heterocycles. The van der Waals surface area contributed by atoms with Crippen molar-refractivity contribution in [2.24, 2.45) is 0 Å². The van der Waals surface area contributed by atoms with Gasteiger partial charge in [0.2, 0.25) is 0 Å². The minimum atomic E-state index is 0.282. The molecule has 0 amide bonds. The third kappa shape index (κ3) is 3.59. The highest BCUT2D eigenvalue weighted by Crippen LogP contribution is 2.24. The average Bonchev–Trinajstić information content (AvgIpc) is 2.44. The molecule has 0 aliphatic carbocycles. The van der Waals surface area contributed by atoms with Crippen LogP contribution in [0.15, 0.2) is 0 Å². The van der Waals surface area contributed by atoms with Gasteiger partial charge in [-0.15, -0.1) is 11.3 Å². The molecule has 1 heterocycles. The van der Waals surface area contributed by atoms with Crippen molar-refractivity contribution in [3.63, 3.8) is 0 Å². The van der Waals surface area contributed by atoms with E-state index in [4.69, 9.17) is 5.11 Å². The van der Waals surface area contributed by atoms with E-state index in [1.165, 1.54) is 9.88 Å². The Labute approximate surface area is 93.8 Å². The van der Waals surface area contributed by atoms with Gasteiger partial charge in [-0.3, -0.25) is 0 Å². The summed E-state index contributed by atoms with van der Waals surface area (Å²) in [5.74, 6) is 0.973. The molecule has 4 heteroatoms. The van der Waals surface area contributed by atoms with Gasteiger partial charge in [0.15, 0.2) is 0 Å². The minimum Gasteiger partial charge on any atom is -0.396 e. The van der Waals surface area contributed by atoms with Gasteiger partial charge in [-0.1, -0.05) is 6.92 Å². The van der Waals surface area contributed by atoms with Gasteiger partial charge >= 0.3 is 0 Å². The summed E-state index contributed by atoms with van der Waals surface area (Å²) in [6, 6.07) is 0. The quantitative estimate of drug-likeness (QED) is 0.846. The van der Waals surface area contributed by atoms with Crippen LogP contribution in [-0.4, -0.2) is 21.9 Å². The monoisotopic (exact) mass is 231 g/mol. The third-order valence-electron chi connectivity index (χ3n) is 2.10. The number of hydrogen-bond donors (Lipinski definition) is 1. The average molecular weight is 231 g/mol. The second-order valence-corrected chi connectivity index (χ2v) is 6.10. The summed E-state index contributed by atoms with van der Waals surface area (Å²) < 4.78 is 0. The summed E-state index contributed by atoms with van der Waals surface area (Å²) in [4.78, 5) is 5.79. The Morgan fingerprint density at radius 1 is 1.50 bits per heavy atom. The van der Waals surface area contributed by atoms with Gasteiger partial charge in [-0.05, 0) is 20.3 Å². The molecule has 0 saturated carbocycles. The molecule has 1 rings (SSSR count). The lowest BCUT2D eigenvalue weighted by Crippen LogP contribution is -1.99. The van der Waals surface area contributed by atoms with Crippen LogP contribution in [0, 0.1) is 13.8 Å². The smallest absolute Gasteiger partial charge is 0.103 e. The van der Waals surface area contributed by atoms with Crippen LogP contribution in [0.5, 0.6) is 0 Å². The van der Waals surface area contributed by atoms with E-state index in [0.29, 0.717) is 5.25 Å². The SMILES string of the molecule is Cc1nc(CSC(C)CCO)sc1C. The van der Waals surface area contributed by atoms with Crippen LogP contribution >= 0.6 is 23.1 Å². The molecular formula is C10H17NOS2. The number of thioether (sulfide) groups is 1. The first-order chi connectivity index (χ1) is 6.63. The highest BCUT2D eigenvalue weighted by Gasteiger charge is 2.06. The van der Waals surface area contributed by atoms with E-state index in [1.807, 2.05) is 11.8 Å². The molecule has 0 aromatic carbocycles. The Morgan fingerprint density at radius 2 is 2.21 bits per heavy atom. The van der Waals surface area contributed by atoms with Crippen molar-refractivity contribution in [2.45, 2.75) is 38.2 Å². The molecule has 14 heavy (non-hydrogen) atoms. The Morgan fingerprint density at radius 3 is 2.71 bits per heavy atom. The molecule has 0 radical (unpaired) electrons. The minimum absolute atomic E-state index is 0.282. The van der Waals surface area contributed by atoms with Gasteiger partial charge in [0.1, 0.15) is 5.01 Å².